The zero-order valence-electron chi connectivity index (χ0n) is 21.7. The summed E-state index contributed by atoms with van der Waals surface area (Å²) in [5.74, 6) is 1.59. The van der Waals surface area contributed by atoms with E-state index in [9.17, 15) is 4.89 Å². The van der Waals surface area contributed by atoms with Gasteiger partial charge in [0.05, 0.1) is 0 Å². The van der Waals surface area contributed by atoms with Crippen LogP contribution in [0.15, 0.2) is 103 Å². The van der Waals surface area contributed by atoms with Crippen molar-refractivity contribution >= 4 is 8.60 Å². The summed E-state index contributed by atoms with van der Waals surface area (Å²) < 4.78 is 12.1. The van der Waals surface area contributed by atoms with Crippen LogP contribution >= 0.6 is 8.60 Å². The summed E-state index contributed by atoms with van der Waals surface area (Å²) >= 11 is 0. The number of rotatable bonds is 8. The molecule has 0 saturated carbocycles. The van der Waals surface area contributed by atoms with Crippen LogP contribution in [-0.4, -0.2) is 4.89 Å². The second-order valence-corrected chi connectivity index (χ2v) is 11.1. The summed E-state index contributed by atoms with van der Waals surface area (Å²) in [5.41, 5.74) is 5.59. The van der Waals surface area contributed by atoms with Crippen LogP contribution in [0.2, 0.25) is 0 Å². The third-order valence-electron chi connectivity index (χ3n) is 6.65. The molecule has 4 rings (SSSR count). The third-order valence-corrected chi connectivity index (χ3v) is 7.35. The van der Waals surface area contributed by atoms with Crippen molar-refractivity contribution in [2.75, 3.05) is 0 Å². The fourth-order valence-corrected chi connectivity index (χ4v) is 5.17. The van der Waals surface area contributed by atoms with E-state index in [-0.39, 0.29) is 17.3 Å². The van der Waals surface area contributed by atoms with Crippen molar-refractivity contribution in [3.63, 3.8) is 0 Å². The Labute approximate surface area is 216 Å². The summed E-state index contributed by atoms with van der Waals surface area (Å²) in [6.45, 7) is 10.8. The van der Waals surface area contributed by atoms with E-state index in [1.807, 2.05) is 54.6 Å². The molecule has 0 radical (unpaired) electrons. The van der Waals surface area contributed by atoms with Gasteiger partial charge in [-0.05, 0) is 34.2 Å². The molecule has 1 N–H and O–H groups in total. The molecular formula is C32H35O3P. The molecular weight excluding hydrogens is 463 g/mol. The van der Waals surface area contributed by atoms with Gasteiger partial charge < -0.3 is 13.9 Å². The van der Waals surface area contributed by atoms with E-state index in [0.29, 0.717) is 11.5 Å². The fraction of sp³-hybridized carbons (Fsp3) is 0.250. The molecule has 4 aromatic rings. The Morgan fingerprint density at radius 1 is 0.611 bits per heavy atom. The molecule has 0 aliphatic heterocycles. The van der Waals surface area contributed by atoms with E-state index < -0.39 is 8.60 Å². The summed E-state index contributed by atoms with van der Waals surface area (Å²) in [6, 6.07) is 34.9. The van der Waals surface area contributed by atoms with Gasteiger partial charge in [0.25, 0.3) is 0 Å². The Morgan fingerprint density at radius 2 is 1.14 bits per heavy atom. The molecule has 0 aliphatic carbocycles. The van der Waals surface area contributed by atoms with Gasteiger partial charge >= 0.3 is 8.60 Å². The van der Waals surface area contributed by atoms with E-state index in [2.05, 4.69) is 83.1 Å². The van der Waals surface area contributed by atoms with Gasteiger partial charge in [0.2, 0.25) is 0 Å². The molecule has 0 saturated heterocycles. The predicted octanol–water partition coefficient (Wildman–Crippen LogP) is 8.96. The van der Waals surface area contributed by atoms with Crippen LogP contribution in [0.25, 0.3) is 0 Å². The molecule has 0 aromatic heterocycles. The zero-order valence-corrected chi connectivity index (χ0v) is 22.6. The third kappa shape index (κ3) is 6.16. The van der Waals surface area contributed by atoms with Crippen LogP contribution in [0.4, 0.5) is 0 Å². The van der Waals surface area contributed by atoms with Crippen molar-refractivity contribution in [3.8, 4) is 11.5 Å². The van der Waals surface area contributed by atoms with E-state index in [1.54, 1.807) is 0 Å². The zero-order chi connectivity index (χ0) is 25.7. The summed E-state index contributed by atoms with van der Waals surface area (Å²) in [4.78, 5) is 10.9. The minimum Gasteiger partial charge on any atom is -0.418 e. The van der Waals surface area contributed by atoms with Crippen LogP contribution in [-0.2, 0) is 5.41 Å². The van der Waals surface area contributed by atoms with Crippen LogP contribution in [0.3, 0.4) is 0 Å². The monoisotopic (exact) mass is 498 g/mol. The van der Waals surface area contributed by atoms with Crippen LogP contribution < -0.4 is 9.05 Å². The van der Waals surface area contributed by atoms with Crippen molar-refractivity contribution in [1.82, 2.24) is 0 Å². The molecule has 3 nitrogen and oxygen atoms in total. The summed E-state index contributed by atoms with van der Waals surface area (Å²) in [5, 5.41) is 0. The second kappa shape index (κ2) is 11.3. The van der Waals surface area contributed by atoms with Crippen LogP contribution in [0, 0.1) is 0 Å². The molecule has 3 atom stereocenters. The van der Waals surface area contributed by atoms with Gasteiger partial charge in [-0.2, -0.15) is 0 Å². The molecule has 3 unspecified atom stereocenters. The van der Waals surface area contributed by atoms with Crippen LogP contribution in [0.1, 0.15) is 74.3 Å². The molecule has 4 heteroatoms. The molecule has 36 heavy (non-hydrogen) atoms. The van der Waals surface area contributed by atoms with E-state index in [0.717, 1.165) is 11.1 Å². The first kappa shape index (κ1) is 25.9. The van der Waals surface area contributed by atoms with Crippen molar-refractivity contribution in [1.29, 1.82) is 0 Å². The lowest BCUT2D eigenvalue weighted by Gasteiger charge is -2.24. The molecule has 0 aliphatic rings. The highest BCUT2D eigenvalue weighted by Crippen LogP contribution is 2.44. The van der Waals surface area contributed by atoms with Gasteiger partial charge in [0, 0.05) is 23.0 Å². The Hall–Kier alpha value is -3.13. The molecule has 4 aromatic carbocycles. The Balaban J connectivity index is 1.66. The lowest BCUT2D eigenvalue weighted by molar-refractivity contribution is 0.374. The number of benzene rings is 4. The SMILES string of the molecule is CC(c1ccccc1)c1ccc(OP(O)Oc2ccccc2C(C)(C)C)c(C(C)c2ccccc2)c1. The van der Waals surface area contributed by atoms with Gasteiger partial charge in [-0.3, -0.25) is 0 Å². The quantitative estimate of drug-likeness (QED) is 0.246. The van der Waals surface area contributed by atoms with E-state index in [1.165, 1.54) is 16.7 Å². The molecule has 0 bridgehead atoms. The topological polar surface area (TPSA) is 38.7 Å². The van der Waals surface area contributed by atoms with Gasteiger partial charge in [-0.15, -0.1) is 0 Å². The minimum absolute atomic E-state index is 0.0781. The number of hydrogen-bond donors (Lipinski definition) is 1. The Kier molecular flexibility index (Phi) is 8.14. The molecule has 0 heterocycles. The maximum atomic E-state index is 10.9. The fourth-order valence-electron chi connectivity index (χ4n) is 4.47. The van der Waals surface area contributed by atoms with E-state index >= 15 is 0 Å². The van der Waals surface area contributed by atoms with Crippen molar-refractivity contribution in [3.05, 3.63) is 131 Å². The predicted molar refractivity (Wildman–Crippen MR) is 150 cm³/mol. The Morgan fingerprint density at radius 3 is 1.75 bits per heavy atom. The molecule has 0 amide bonds. The molecule has 186 valence electrons. The van der Waals surface area contributed by atoms with Crippen molar-refractivity contribution in [2.24, 2.45) is 0 Å². The smallest absolute Gasteiger partial charge is 0.418 e. The summed E-state index contributed by atoms with van der Waals surface area (Å²) in [7, 11) is -2.18. The maximum Gasteiger partial charge on any atom is 0.460 e. The van der Waals surface area contributed by atoms with Crippen LogP contribution in [0.5, 0.6) is 11.5 Å². The van der Waals surface area contributed by atoms with Gasteiger partial charge in [-0.1, -0.05) is 126 Å². The summed E-state index contributed by atoms with van der Waals surface area (Å²) in [6.07, 6.45) is 0. The average molecular weight is 499 g/mol. The number of hydrogen-bond acceptors (Lipinski definition) is 3. The lowest BCUT2D eigenvalue weighted by atomic mass is 9.86. The highest BCUT2D eigenvalue weighted by molar-refractivity contribution is 7.41. The Bertz CT molecular complexity index is 1270. The first-order valence-corrected chi connectivity index (χ1v) is 13.5. The van der Waals surface area contributed by atoms with Crippen molar-refractivity contribution < 1.29 is 13.9 Å². The first-order valence-electron chi connectivity index (χ1n) is 12.4. The van der Waals surface area contributed by atoms with Gasteiger partial charge in [0.1, 0.15) is 11.5 Å². The lowest BCUT2D eigenvalue weighted by Crippen LogP contribution is -2.13. The average Bonchev–Trinajstić information content (AvgIpc) is 2.89. The second-order valence-electron chi connectivity index (χ2n) is 10.2. The normalized spacial score (nSPS) is 14.1. The highest BCUT2D eigenvalue weighted by Gasteiger charge is 2.24. The van der Waals surface area contributed by atoms with Gasteiger partial charge in [-0.25, -0.2) is 0 Å². The van der Waals surface area contributed by atoms with Crippen molar-refractivity contribution in [2.45, 2.75) is 51.9 Å². The standard InChI is InChI=1S/C32H35O3P/c1-23(25-14-8-6-9-15-25)27-20-21-30(28(22-27)24(2)26-16-10-7-11-17-26)34-36(33)35-31-19-13-12-18-29(31)32(3,4)5/h6-24,33H,1-5H3. The van der Waals surface area contributed by atoms with E-state index in [4.69, 9.17) is 9.05 Å². The number of para-hydroxylation sites is 1. The minimum atomic E-state index is -2.18. The molecule has 0 spiro atoms. The van der Waals surface area contributed by atoms with Gasteiger partial charge in [0.15, 0.2) is 0 Å². The first-order chi connectivity index (χ1) is 17.2. The largest absolute Gasteiger partial charge is 0.460 e. The highest BCUT2D eigenvalue weighted by atomic mass is 31.2. The maximum absolute atomic E-state index is 10.9. The molecule has 0 fully saturated rings.